The topological polar surface area (TPSA) is 271 Å². The van der Waals surface area contributed by atoms with Crippen molar-refractivity contribution >= 4 is 35.6 Å². The van der Waals surface area contributed by atoms with E-state index in [1.807, 2.05) is 0 Å². The fraction of sp³-hybridized carbons (Fsp3) is 0.667. The summed E-state index contributed by atoms with van der Waals surface area (Å²) in [6, 6.07) is -6.17. The first-order chi connectivity index (χ1) is 15.2. The SMILES string of the molecule is CC(O)C(N)C(=O)NC(CCC(=O)O)C(=O)NC(C(=O)NC(CCC(N)=O)C(=O)O)C(C)O. The zero-order valence-corrected chi connectivity index (χ0v) is 18.2. The van der Waals surface area contributed by atoms with Gasteiger partial charge in [-0.25, -0.2) is 4.79 Å². The first-order valence-corrected chi connectivity index (χ1v) is 9.93. The van der Waals surface area contributed by atoms with E-state index in [9.17, 15) is 44.1 Å². The van der Waals surface area contributed by atoms with Crippen LogP contribution in [0.25, 0.3) is 0 Å². The lowest BCUT2D eigenvalue weighted by Gasteiger charge is -2.26. The summed E-state index contributed by atoms with van der Waals surface area (Å²) in [5.41, 5.74) is 10.5. The molecule has 0 aliphatic carbocycles. The quantitative estimate of drug-likeness (QED) is 0.109. The van der Waals surface area contributed by atoms with Crippen molar-refractivity contribution in [3.8, 4) is 0 Å². The van der Waals surface area contributed by atoms with E-state index in [2.05, 4.69) is 16.0 Å². The number of hydrogen-bond acceptors (Lipinski definition) is 9. The maximum atomic E-state index is 12.6. The van der Waals surface area contributed by atoms with E-state index in [1.54, 1.807) is 0 Å². The highest BCUT2D eigenvalue weighted by atomic mass is 16.4. The minimum Gasteiger partial charge on any atom is -0.481 e. The van der Waals surface area contributed by atoms with E-state index in [4.69, 9.17) is 16.6 Å². The molecule has 4 amide bonds. The zero-order chi connectivity index (χ0) is 25.9. The molecule has 0 bridgehead atoms. The predicted molar refractivity (Wildman–Crippen MR) is 110 cm³/mol. The summed E-state index contributed by atoms with van der Waals surface area (Å²) in [5, 5.41) is 43.8. The summed E-state index contributed by atoms with van der Waals surface area (Å²) >= 11 is 0. The average Bonchev–Trinajstić information content (AvgIpc) is 2.70. The van der Waals surface area contributed by atoms with E-state index >= 15 is 0 Å². The molecule has 6 atom stereocenters. The number of carboxylic acids is 2. The van der Waals surface area contributed by atoms with Crippen molar-refractivity contribution in [2.24, 2.45) is 11.5 Å². The average molecular weight is 477 g/mol. The molecule has 11 N–H and O–H groups in total. The molecule has 33 heavy (non-hydrogen) atoms. The van der Waals surface area contributed by atoms with Crippen molar-refractivity contribution in [2.75, 3.05) is 0 Å². The monoisotopic (exact) mass is 477 g/mol. The zero-order valence-electron chi connectivity index (χ0n) is 18.2. The number of aliphatic carboxylic acids is 2. The summed E-state index contributed by atoms with van der Waals surface area (Å²) in [7, 11) is 0. The Kier molecular flexibility index (Phi) is 12.6. The number of carboxylic acid groups (broad SMARTS) is 2. The molecule has 0 aliphatic rings. The standard InChI is InChI=1S/C18H31N5O10/c1-7(24)13(20)16(30)21-9(4-6-12(27)28)15(29)23-14(8(2)25)17(31)22-10(18(32)33)3-5-11(19)26/h7-10,13-14,24-25H,3-6,20H2,1-2H3,(H2,19,26)(H,21,30)(H,22,31)(H,23,29)(H,27,28)(H,32,33). The van der Waals surface area contributed by atoms with Gasteiger partial charge in [-0.3, -0.25) is 24.0 Å². The third-order valence-electron chi connectivity index (χ3n) is 4.46. The fourth-order valence-corrected chi connectivity index (χ4v) is 2.49. The smallest absolute Gasteiger partial charge is 0.326 e. The van der Waals surface area contributed by atoms with Gasteiger partial charge in [-0.15, -0.1) is 0 Å². The Balaban J connectivity index is 5.49. The third kappa shape index (κ3) is 11.2. The molecule has 188 valence electrons. The Morgan fingerprint density at radius 2 is 1.27 bits per heavy atom. The van der Waals surface area contributed by atoms with Gasteiger partial charge in [0.15, 0.2) is 0 Å². The molecule has 0 radical (unpaired) electrons. The Hall–Kier alpha value is -3.30. The first-order valence-electron chi connectivity index (χ1n) is 9.93. The van der Waals surface area contributed by atoms with E-state index in [1.165, 1.54) is 6.92 Å². The lowest BCUT2D eigenvalue weighted by molar-refractivity contribution is -0.143. The third-order valence-corrected chi connectivity index (χ3v) is 4.46. The molecule has 0 aromatic heterocycles. The van der Waals surface area contributed by atoms with Crippen LogP contribution in [0.5, 0.6) is 0 Å². The van der Waals surface area contributed by atoms with Crippen molar-refractivity contribution in [1.82, 2.24) is 16.0 Å². The normalized spacial score (nSPS) is 16.3. The van der Waals surface area contributed by atoms with Crippen LogP contribution in [0, 0.1) is 0 Å². The molecule has 15 heteroatoms. The number of primary amides is 1. The van der Waals surface area contributed by atoms with E-state index in [-0.39, 0.29) is 12.8 Å². The van der Waals surface area contributed by atoms with Gasteiger partial charge in [0.25, 0.3) is 0 Å². The summed E-state index contributed by atoms with van der Waals surface area (Å²) < 4.78 is 0. The second-order valence-corrected chi connectivity index (χ2v) is 7.39. The van der Waals surface area contributed by atoms with Crippen LogP contribution in [-0.4, -0.2) is 92.4 Å². The lowest BCUT2D eigenvalue weighted by atomic mass is 10.1. The second kappa shape index (κ2) is 14.0. The van der Waals surface area contributed by atoms with Gasteiger partial charge in [0.2, 0.25) is 23.6 Å². The van der Waals surface area contributed by atoms with Gasteiger partial charge in [-0.2, -0.15) is 0 Å². The minimum atomic E-state index is -1.69. The number of hydrogen-bond donors (Lipinski definition) is 9. The highest BCUT2D eigenvalue weighted by Gasteiger charge is 2.33. The predicted octanol–water partition coefficient (Wildman–Crippen LogP) is -4.26. The van der Waals surface area contributed by atoms with Crippen molar-refractivity contribution in [3.05, 3.63) is 0 Å². The van der Waals surface area contributed by atoms with Crippen molar-refractivity contribution in [1.29, 1.82) is 0 Å². The lowest BCUT2D eigenvalue weighted by Crippen LogP contribution is -2.60. The summed E-state index contributed by atoms with van der Waals surface area (Å²) in [6.45, 7) is 2.35. The molecule has 6 unspecified atom stereocenters. The van der Waals surface area contributed by atoms with Crippen LogP contribution in [0.3, 0.4) is 0 Å². The molecule has 0 saturated carbocycles. The first kappa shape index (κ1) is 29.7. The number of carbonyl (C=O) groups is 6. The van der Waals surface area contributed by atoms with Crippen LogP contribution in [0.4, 0.5) is 0 Å². The van der Waals surface area contributed by atoms with Crippen LogP contribution >= 0.6 is 0 Å². The molecule has 0 aliphatic heterocycles. The number of nitrogens with one attached hydrogen (secondary N) is 3. The Labute approximate surface area is 188 Å². The van der Waals surface area contributed by atoms with Crippen LogP contribution in [0.15, 0.2) is 0 Å². The van der Waals surface area contributed by atoms with Crippen LogP contribution < -0.4 is 27.4 Å². The van der Waals surface area contributed by atoms with Gasteiger partial charge in [-0.1, -0.05) is 0 Å². The maximum absolute atomic E-state index is 12.6. The molecule has 0 spiro atoms. The van der Waals surface area contributed by atoms with Crippen molar-refractivity contribution < 1.29 is 49.2 Å². The van der Waals surface area contributed by atoms with Crippen LogP contribution in [0.2, 0.25) is 0 Å². The number of nitrogens with two attached hydrogens (primary N) is 2. The molecule has 0 aromatic carbocycles. The molecule has 15 nitrogen and oxygen atoms in total. The molecule has 0 aromatic rings. The van der Waals surface area contributed by atoms with Gasteiger partial charge in [-0.05, 0) is 26.7 Å². The van der Waals surface area contributed by atoms with Gasteiger partial charge in [0, 0.05) is 12.8 Å². The number of aliphatic hydroxyl groups excluding tert-OH is 2. The van der Waals surface area contributed by atoms with Gasteiger partial charge >= 0.3 is 11.9 Å². The highest BCUT2D eigenvalue weighted by molar-refractivity contribution is 5.94. The second-order valence-electron chi connectivity index (χ2n) is 7.39. The van der Waals surface area contributed by atoms with Gasteiger partial charge in [0.05, 0.1) is 12.2 Å². The van der Waals surface area contributed by atoms with Crippen molar-refractivity contribution in [3.63, 3.8) is 0 Å². The number of rotatable bonds is 15. The van der Waals surface area contributed by atoms with Crippen LogP contribution in [-0.2, 0) is 28.8 Å². The van der Waals surface area contributed by atoms with Gasteiger partial charge < -0.3 is 47.8 Å². The minimum absolute atomic E-state index is 0.342. The Morgan fingerprint density at radius 3 is 1.70 bits per heavy atom. The molecule has 0 heterocycles. The molecular formula is C18H31N5O10. The van der Waals surface area contributed by atoms with E-state index in [0.717, 1.165) is 6.92 Å². The van der Waals surface area contributed by atoms with Crippen LogP contribution in [0.1, 0.15) is 39.5 Å². The fourth-order valence-electron chi connectivity index (χ4n) is 2.49. The number of amides is 4. The van der Waals surface area contributed by atoms with Gasteiger partial charge in [0.1, 0.15) is 24.2 Å². The maximum Gasteiger partial charge on any atom is 0.326 e. The van der Waals surface area contributed by atoms with Crippen molar-refractivity contribution in [2.45, 2.75) is 75.9 Å². The van der Waals surface area contributed by atoms with E-state index in [0.29, 0.717) is 0 Å². The number of carbonyl (C=O) groups excluding carboxylic acids is 4. The molecule has 0 rings (SSSR count). The Bertz CT molecular complexity index is 742. The highest BCUT2D eigenvalue weighted by Crippen LogP contribution is 2.04. The summed E-state index contributed by atoms with van der Waals surface area (Å²) in [5.74, 6) is -6.72. The largest absolute Gasteiger partial charge is 0.481 e. The summed E-state index contributed by atoms with van der Waals surface area (Å²) in [6.07, 6.45) is -4.47. The van der Waals surface area contributed by atoms with E-state index < -0.39 is 84.8 Å². The molecular weight excluding hydrogens is 446 g/mol. The Morgan fingerprint density at radius 1 is 0.758 bits per heavy atom. The molecule has 0 saturated heterocycles. The summed E-state index contributed by atoms with van der Waals surface area (Å²) in [4.78, 5) is 70.3. The number of aliphatic hydroxyl groups is 2. The molecule has 0 fully saturated rings.